The van der Waals surface area contributed by atoms with Crippen LogP contribution in [0.4, 0.5) is 0 Å². The third-order valence-corrected chi connectivity index (χ3v) is 3.22. The zero-order valence-corrected chi connectivity index (χ0v) is 12.8. The third kappa shape index (κ3) is 2.95. The van der Waals surface area contributed by atoms with E-state index in [1.54, 1.807) is 7.11 Å². The minimum absolute atomic E-state index is 0.0599. The summed E-state index contributed by atoms with van der Waals surface area (Å²) in [5.41, 5.74) is 3.83. The van der Waals surface area contributed by atoms with Gasteiger partial charge in [-0.25, -0.2) is 0 Å². The molecular weight excluding hydrogens is 220 g/mol. The lowest BCUT2D eigenvalue weighted by atomic mass is 9.79. The fourth-order valence-corrected chi connectivity index (χ4v) is 2.02. The highest BCUT2D eigenvalue weighted by Crippen LogP contribution is 2.38. The van der Waals surface area contributed by atoms with Crippen LogP contribution >= 0.6 is 0 Å². The molecule has 100 valence electrons. The fourth-order valence-electron chi connectivity index (χ4n) is 2.02. The average Bonchev–Trinajstić information content (AvgIpc) is 2.24. The van der Waals surface area contributed by atoms with Crippen molar-refractivity contribution in [1.29, 1.82) is 0 Å². The van der Waals surface area contributed by atoms with Crippen LogP contribution in [0.3, 0.4) is 0 Å². The Hall–Kier alpha value is -1.24. The molecule has 0 atom stereocenters. The molecule has 18 heavy (non-hydrogen) atoms. The Balaban J connectivity index is 3.62. The molecule has 0 bridgehead atoms. The molecular formula is C17H26O. The van der Waals surface area contributed by atoms with Gasteiger partial charge in [0.2, 0.25) is 0 Å². The number of methoxy groups -OCH3 is 1. The largest absolute Gasteiger partial charge is 0.496 e. The van der Waals surface area contributed by atoms with Crippen LogP contribution in [0.2, 0.25) is 0 Å². The molecule has 0 fully saturated rings. The van der Waals surface area contributed by atoms with Gasteiger partial charge in [0.1, 0.15) is 5.75 Å². The van der Waals surface area contributed by atoms with E-state index < -0.39 is 0 Å². The second-order valence-corrected chi connectivity index (χ2v) is 6.85. The summed E-state index contributed by atoms with van der Waals surface area (Å²) >= 11 is 0. The molecule has 0 amide bonds. The van der Waals surface area contributed by atoms with Crippen LogP contribution in [-0.4, -0.2) is 7.11 Å². The van der Waals surface area contributed by atoms with E-state index in [0.717, 1.165) is 11.3 Å². The van der Waals surface area contributed by atoms with E-state index in [2.05, 4.69) is 60.3 Å². The summed E-state index contributed by atoms with van der Waals surface area (Å²) in [5.74, 6) is 0.950. The van der Waals surface area contributed by atoms with Gasteiger partial charge < -0.3 is 4.74 Å². The van der Waals surface area contributed by atoms with Gasteiger partial charge in [-0.05, 0) is 22.5 Å². The minimum Gasteiger partial charge on any atom is -0.496 e. The molecule has 0 aliphatic carbocycles. The summed E-state index contributed by atoms with van der Waals surface area (Å²) in [5, 5.41) is 0. The van der Waals surface area contributed by atoms with Crippen molar-refractivity contribution in [1.82, 2.24) is 0 Å². The van der Waals surface area contributed by atoms with Crippen LogP contribution in [0.15, 0.2) is 18.7 Å². The number of rotatable bonds is 2. The highest BCUT2D eigenvalue weighted by atomic mass is 16.5. The zero-order valence-electron chi connectivity index (χ0n) is 12.8. The number of ether oxygens (including phenoxy) is 1. The topological polar surface area (TPSA) is 9.23 Å². The molecule has 0 radical (unpaired) electrons. The first-order valence-corrected chi connectivity index (χ1v) is 6.46. The monoisotopic (exact) mass is 246 g/mol. The molecule has 1 heteroatoms. The van der Waals surface area contributed by atoms with Gasteiger partial charge in [0.05, 0.1) is 7.11 Å². The fraction of sp³-hybridized carbons (Fsp3) is 0.529. The quantitative estimate of drug-likeness (QED) is 0.718. The first-order chi connectivity index (χ1) is 8.11. The number of benzene rings is 1. The van der Waals surface area contributed by atoms with Crippen molar-refractivity contribution in [3.05, 3.63) is 35.4 Å². The standard InChI is InChI=1S/C17H26O/c1-9-12-10-13(16(2,3)4)11-14(15(12)18-8)17(5,6)7/h9-11H,1H2,2-8H3. The lowest BCUT2D eigenvalue weighted by Crippen LogP contribution is -2.18. The van der Waals surface area contributed by atoms with Crippen molar-refractivity contribution in [2.75, 3.05) is 7.11 Å². The van der Waals surface area contributed by atoms with E-state index in [-0.39, 0.29) is 10.8 Å². The van der Waals surface area contributed by atoms with E-state index in [1.807, 2.05) is 6.08 Å². The summed E-state index contributed by atoms with van der Waals surface area (Å²) in [6, 6.07) is 4.45. The van der Waals surface area contributed by atoms with Gasteiger partial charge in [-0.15, -0.1) is 0 Å². The first-order valence-electron chi connectivity index (χ1n) is 6.46. The maximum absolute atomic E-state index is 5.59. The summed E-state index contributed by atoms with van der Waals surface area (Å²) < 4.78 is 5.59. The molecule has 0 aliphatic heterocycles. The Morgan fingerprint density at radius 1 is 1.00 bits per heavy atom. The maximum Gasteiger partial charge on any atom is 0.129 e. The molecule has 1 rings (SSSR count). The van der Waals surface area contributed by atoms with Crippen molar-refractivity contribution in [3.8, 4) is 5.75 Å². The van der Waals surface area contributed by atoms with Gasteiger partial charge in [-0.1, -0.05) is 60.3 Å². The van der Waals surface area contributed by atoms with Crippen LogP contribution in [0.1, 0.15) is 58.2 Å². The molecule has 1 nitrogen and oxygen atoms in total. The number of hydrogen-bond acceptors (Lipinski definition) is 1. The Morgan fingerprint density at radius 3 is 1.89 bits per heavy atom. The van der Waals surface area contributed by atoms with Crippen LogP contribution in [-0.2, 0) is 10.8 Å². The van der Waals surface area contributed by atoms with Gasteiger partial charge in [-0.2, -0.15) is 0 Å². The van der Waals surface area contributed by atoms with Crippen molar-refractivity contribution in [2.45, 2.75) is 52.4 Å². The molecule has 0 aliphatic rings. The van der Waals surface area contributed by atoms with Crippen molar-refractivity contribution in [3.63, 3.8) is 0 Å². The van der Waals surface area contributed by atoms with Crippen LogP contribution < -0.4 is 4.74 Å². The number of hydrogen-bond donors (Lipinski definition) is 0. The second-order valence-electron chi connectivity index (χ2n) is 6.85. The second kappa shape index (κ2) is 4.79. The normalized spacial score (nSPS) is 12.4. The predicted octanol–water partition coefficient (Wildman–Crippen LogP) is 4.93. The van der Waals surface area contributed by atoms with Crippen molar-refractivity contribution >= 4 is 6.08 Å². The molecule has 0 unspecified atom stereocenters. The van der Waals surface area contributed by atoms with E-state index in [1.165, 1.54) is 11.1 Å². The summed E-state index contributed by atoms with van der Waals surface area (Å²) in [6.45, 7) is 17.2. The van der Waals surface area contributed by atoms with Gasteiger partial charge in [0.15, 0.2) is 0 Å². The summed E-state index contributed by atoms with van der Waals surface area (Å²) in [7, 11) is 1.73. The maximum atomic E-state index is 5.59. The molecule has 1 aromatic carbocycles. The van der Waals surface area contributed by atoms with Crippen molar-refractivity contribution < 1.29 is 4.74 Å². The first kappa shape index (κ1) is 14.8. The van der Waals surface area contributed by atoms with E-state index in [4.69, 9.17) is 4.74 Å². The zero-order chi connectivity index (χ0) is 14.1. The van der Waals surface area contributed by atoms with Crippen molar-refractivity contribution in [2.24, 2.45) is 0 Å². The Bertz CT molecular complexity index is 442. The van der Waals surface area contributed by atoms with Crippen LogP contribution in [0.5, 0.6) is 5.75 Å². The van der Waals surface area contributed by atoms with Crippen LogP contribution in [0, 0.1) is 0 Å². The van der Waals surface area contributed by atoms with Crippen LogP contribution in [0.25, 0.3) is 6.08 Å². The van der Waals surface area contributed by atoms with E-state index >= 15 is 0 Å². The molecule has 0 saturated heterocycles. The van der Waals surface area contributed by atoms with Gasteiger partial charge >= 0.3 is 0 Å². The molecule has 0 heterocycles. The molecule has 0 N–H and O–H groups in total. The average molecular weight is 246 g/mol. The summed E-state index contributed by atoms with van der Waals surface area (Å²) in [4.78, 5) is 0. The van der Waals surface area contributed by atoms with Gasteiger partial charge in [0, 0.05) is 11.1 Å². The Kier molecular flexibility index (Phi) is 3.95. The SMILES string of the molecule is C=Cc1cc(C(C)(C)C)cc(C(C)(C)C)c1OC. The van der Waals surface area contributed by atoms with Gasteiger partial charge in [-0.3, -0.25) is 0 Å². The third-order valence-electron chi connectivity index (χ3n) is 3.22. The molecule has 0 saturated carbocycles. The highest BCUT2D eigenvalue weighted by molar-refractivity contribution is 5.62. The molecule has 0 aromatic heterocycles. The molecule has 0 spiro atoms. The minimum atomic E-state index is 0.0599. The summed E-state index contributed by atoms with van der Waals surface area (Å²) in [6.07, 6.45) is 1.88. The highest BCUT2D eigenvalue weighted by Gasteiger charge is 2.24. The Labute approximate surface area is 112 Å². The molecule has 1 aromatic rings. The smallest absolute Gasteiger partial charge is 0.129 e. The Morgan fingerprint density at radius 2 is 1.56 bits per heavy atom. The predicted molar refractivity (Wildman–Crippen MR) is 80.5 cm³/mol. The van der Waals surface area contributed by atoms with E-state index in [9.17, 15) is 0 Å². The van der Waals surface area contributed by atoms with E-state index in [0.29, 0.717) is 0 Å². The lowest BCUT2D eigenvalue weighted by Gasteiger charge is -2.28. The van der Waals surface area contributed by atoms with Gasteiger partial charge in [0.25, 0.3) is 0 Å². The lowest BCUT2D eigenvalue weighted by molar-refractivity contribution is 0.395.